The van der Waals surface area contributed by atoms with Gasteiger partial charge in [0, 0.05) is 18.8 Å². The Morgan fingerprint density at radius 2 is 1.73 bits per heavy atom. The Hall–Kier alpha value is -1.44. The van der Waals surface area contributed by atoms with Gasteiger partial charge in [0.15, 0.2) is 0 Å². The fraction of sp³-hybridized carbons (Fsp3) is 0.632. The van der Waals surface area contributed by atoms with Gasteiger partial charge in [0.25, 0.3) is 0 Å². The number of carbonyl (C=O) groups is 1. The lowest BCUT2D eigenvalue weighted by Crippen LogP contribution is -2.63. The first-order chi connectivity index (χ1) is 12.7. The molecule has 1 aromatic rings. The lowest BCUT2D eigenvalue weighted by atomic mass is 9.99. The van der Waals surface area contributed by atoms with Gasteiger partial charge in [-0.25, -0.2) is 9.00 Å². The second kappa shape index (κ2) is 6.62. The number of rotatable bonds is 4. The number of benzene rings is 1. The van der Waals surface area contributed by atoms with Gasteiger partial charge in [-0.3, -0.25) is 9.62 Å². The van der Waals surface area contributed by atoms with Crippen LogP contribution < -0.4 is 10.0 Å². The second-order valence-corrected chi connectivity index (χ2v) is 9.32. The molecule has 2 aliphatic heterocycles. The number of nitrogens with one attached hydrogen (secondary N) is 2. The van der Waals surface area contributed by atoms with Gasteiger partial charge in [-0.2, -0.15) is 0 Å². The minimum absolute atomic E-state index is 0.0218. The zero-order valence-electron chi connectivity index (χ0n) is 14.9. The van der Waals surface area contributed by atoms with E-state index in [0.29, 0.717) is 6.04 Å². The quantitative estimate of drug-likeness (QED) is 0.837. The number of fused-ring (bicyclic) bond motifs is 2. The van der Waals surface area contributed by atoms with E-state index in [4.69, 9.17) is 4.74 Å². The predicted molar refractivity (Wildman–Crippen MR) is 101 cm³/mol. The Morgan fingerprint density at radius 1 is 1.08 bits per heavy atom. The number of carbonyl (C=O) groups excluding carboxylic acids is 1. The molecule has 2 N–H and O–H groups in total. The molecule has 1 aromatic carbocycles. The lowest BCUT2D eigenvalue weighted by molar-refractivity contribution is -0.0827. The Labute approximate surface area is 156 Å². The molecule has 0 aromatic heterocycles. The van der Waals surface area contributed by atoms with Crippen LogP contribution in [0.25, 0.3) is 0 Å². The lowest BCUT2D eigenvalue weighted by Gasteiger charge is -2.46. The smallest absolute Gasteiger partial charge is 0.331 e. The topological polar surface area (TPSA) is 70.7 Å². The summed E-state index contributed by atoms with van der Waals surface area (Å²) in [6.07, 6.45) is 6.58. The van der Waals surface area contributed by atoms with Crippen LogP contribution in [-0.4, -0.2) is 52.7 Å². The zero-order chi connectivity index (χ0) is 17.7. The van der Waals surface area contributed by atoms with Gasteiger partial charge in [0.2, 0.25) is 0 Å². The molecule has 2 saturated heterocycles. The SMILES string of the molecule is O=C(Nc1c2c(cc3c1CCC3)CCC2)NS(=O)C1CN(C2COC2)C1. The molecule has 2 aliphatic carbocycles. The molecular formula is C19H25N3O3S. The maximum atomic E-state index is 12.5. The van der Waals surface area contributed by atoms with E-state index in [2.05, 4.69) is 21.0 Å². The molecule has 5 rings (SSSR count). The molecule has 0 bridgehead atoms. The molecule has 2 heterocycles. The van der Waals surface area contributed by atoms with E-state index < -0.39 is 11.0 Å². The molecule has 7 heteroatoms. The maximum absolute atomic E-state index is 12.5. The van der Waals surface area contributed by atoms with E-state index in [1.54, 1.807) is 0 Å². The number of hydrogen-bond donors (Lipinski definition) is 2. The van der Waals surface area contributed by atoms with Crippen LogP contribution in [0.3, 0.4) is 0 Å². The molecule has 0 radical (unpaired) electrons. The van der Waals surface area contributed by atoms with Crippen LogP contribution in [0.15, 0.2) is 6.07 Å². The highest BCUT2D eigenvalue weighted by Crippen LogP contribution is 2.38. The van der Waals surface area contributed by atoms with Crippen molar-refractivity contribution in [3.05, 3.63) is 28.3 Å². The predicted octanol–water partition coefficient (Wildman–Crippen LogP) is 1.53. The number of likely N-dealkylation sites (tertiary alicyclic amines) is 1. The van der Waals surface area contributed by atoms with Crippen molar-refractivity contribution in [2.75, 3.05) is 31.6 Å². The minimum Gasteiger partial charge on any atom is -0.378 e. The highest BCUT2D eigenvalue weighted by molar-refractivity contribution is 7.84. The zero-order valence-corrected chi connectivity index (χ0v) is 15.7. The number of hydrogen-bond acceptors (Lipinski definition) is 4. The molecule has 6 nitrogen and oxygen atoms in total. The molecule has 0 saturated carbocycles. The van der Waals surface area contributed by atoms with Crippen LogP contribution in [0.5, 0.6) is 0 Å². The maximum Gasteiger partial charge on any atom is 0.331 e. The molecular weight excluding hydrogens is 350 g/mol. The van der Waals surface area contributed by atoms with Crippen molar-refractivity contribution in [1.82, 2.24) is 9.62 Å². The van der Waals surface area contributed by atoms with Crippen LogP contribution in [-0.2, 0) is 41.4 Å². The summed E-state index contributed by atoms with van der Waals surface area (Å²) in [6, 6.07) is 2.49. The normalized spacial score (nSPS) is 23.7. The molecule has 2 amide bonds. The van der Waals surface area contributed by atoms with Gasteiger partial charge in [-0.05, 0) is 60.8 Å². The Morgan fingerprint density at radius 3 is 2.31 bits per heavy atom. The average molecular weight is 375 g/mol. The van der Waals surface area contributed by atoms with E-state index in [-0.39, 0.29) is 11.3 Å². The van der Waals surface area contributed by atoms with E-state index >= 15 is 0 Å². The molecule has 4 aliphatic rings. The van der Waals surface area contributed by atoms with Crippen LogP contribution in [0, 0.1) is 0 Å². The third-order valence-corrected chi connectivity index (χ3v) is 7.51. The Kier molecular flexibility index (Phi) is 4.26. The van der Waals surface area contributed by atoms with E-state index in [1.165, 1.54) is 22.3 Å². The Bertz CT molecular complexity index is 740. The van der Waals surface area contributed by atoms with Crippen LogP contribution >= 0.6 is 0 Å². The highest BCUT2D eigenvalue weighted by atomic mass is 32.2. The highest BCUT2D eigenvalue weighted by Gasteiger charge is 2.39. The second-order valence-electron chi connectivity index (χ2n) is 7.85. The fourth-order valence-corrected chi connectivity index (χ4v) is 5.67. The average Bonchev–Trinajstić information content (AvgIpc) is 3.16. The summed E-state index contributed by atoms with van der Waals surface area (Å²) in [5.74, 6) is 0. The number of ether oxygens (including phenoxy) is 1. The van der Waals surface area contributed by atoms with E-state index in [9.17, 15) is 9.00 Å². The van der Waals surface area contributed by atoms with Crippen molar-refractivity contribution >= 4 is 22.7 Å². The third kappa shape index (κ3) is 2.86. The first-order valence-electron chi connectivity index (χ1n) is 9.65. The van der Waals surface area contributed by atoms with Gasteiger partial charge in [0.05, 0.1) is 24.5 Å². The number of urea groups is 1. The standard InChI is InChI=1S/C19H25N3O3S/c23-19(21-26(24)15-8-22(9-15)14-10-25-11-14)20-18-16-5-1-3-12(16)7-13-4-2-6-17(13)18/h7,14-15H,1-6,8-11H2,(H2,20,21,23). The van der Waals surface area contributed by atoms with Crippen molar-refractivity contribution < 1.29 is 13.7 Å². The van der Waals surface area contributed by atoms with Crippen molar-refractivity contribution in [2.24, 2.45) is 0 Å². The number of aryl methyl sites for hydroxylation is 2. The summed E-state index contributed by atoms with van der Waals surface area (Å²) in [4.78, 5) is 14.8. The van der Waals surface area contributed by atoms with Crippen LogP contribution in [0.4, 0.5) is 10.5 Å². The van der Waals surface area contributed by atoms with Gasteiger partial charge >= 0.3 is 6.03 Å². The summed E-state index contributed by atoms with van der Waals surface area (Å²) in [7, 11) is -1.34. The van der Waals surface area contributed by atoms with Crippen molar-refractivity contribution in [2.45, 2.75) is 49.8 Å². The summed E-state index contributed by atoms with van der Waals surface area (Å²) in [5.41, 5.74) is 6.38. The van der Waals surface area contributed by atoms with Crippen molar-refractivity contribution in [3.63, 3.8) is 0 Å². The molecule has 2 fully saturated rings. The first kappa shape index (κ1) is 16.7. The summed E-state index contributed by atoms with van der Waals surface area (Å²) in [6.45, 7) is 3.10. The van der Waals surface area contributed by atoms with Crippen molar-refractivity contribution in [1.29, 1.82) is 0 Å². The monoisotopic (exact) mass is 375 g/mol. The largest absolute Gasteiger partial charge is 0.378 e. The fourth-order valence-electron chi connectivity index (χ4n) is 4.62. The van der Waals surface area contributed by atoms with Gasteiger partial charge in [-0.1, -0.05) is 6.07 Å². The summed E-state index contributed by atoms with van der Waals surface area (Å²) in [5, 5.41) is 3.08. The number of amides is 2. The Balaban J connectivity index is 1.23. The molecule has 1 unspecified atom stereocenters. The number of nitrogens with zero attached hydrogens (tertiary/aromatic N) is 1. The molecule has 1 atom stereocenters. The first-order valence-corrected chi connectivity index (χ1v) is 10.9. The molecule has 140 valence electrons. The van der Waals surface area contributed by atoms with Crippen LogP contribution in [0.2, 0.25) is 0 Å². The van der Waals surface area contributed by atoms with E-state index in [0.717, 1.165) is 70.5 Å². The molecule has 26 heavy (non-hydrogen) atoms. The van der Waals surface area contributed by atoms with E-state index in [1.807, 2.05) is 0 Å². The van der Waals surface area contributed by atoms with Crippen LogP contribution in [0.1, 0.15) is 35.1 Å². The third-order valence-electron chi connectivity index (χ3n) is 6.22. The minimum atomic E-state index is -1.34. The van der Waals surface area contributed by atoms with Gasteiger partial charge < -0.3 is 10.1 Å². The summed E-state index contributed by atoms with van der Waals surface area (Å²) >= 11 is 0. The molecule has 0 spiro atoms. The number of anilines is 1. The van der Waals surface area contributed by atoms with Crippen molar-refractivity contribution in [3.8, 4) is 0 Å². The van der Waals surface area contributed by atoms with Gasteiger partial charge in [0.1, 0.15) is 11.0 Å². The summed E-state index contributed by atoms with van der Waals surface area (Å²) < 4.78 is 20.3. The van der Waals surface area contributed by atoms with Gasteiger partial charge in [-0.15, -0.1) is 0 Å².